The van der Waals surface area contributed by atoms with Crippen molar-refractivity contribution in [3.8, 4) is 0 Å². The lowest BCUT2D eigenvalue weighted by atomic mass is 10.00. The van der Waals surface area contributed by atoms with Gasteiger partial charge < -0.3 is 10.6 Å². The maximum Gasteiger partial charge on any atom is 0.418 e. The maximum atomic E-state index is 13.4. The van der Waals surface area contributed by atoms with Crippen LogP contribution in [0.15, 0.2) is 30.5 Å². The zero-order valence-corrected chi connectivity index (χ0v) is 18.3. The molecule has 1 aliphatic heterocycles. The van der Waals surface area contributed by atoms with E-state index in [1.807, 2.05) is 0 Å². The molecule has 0 saturated carbocycles. The molecular weight excluding hydrogens is 507 g/mol. The monoisotopic (exact) mass is 521 g/mol. The molecule has 13 heteroatoms. The Balaban J connectivity index is 0.00000363. The summed E-state index contributed by atoms with van der Waals surface area (Å²) >= 11 is 12.2. The number of hydrogen-bond acceptors (Lipinski definition) is 3. The quantitative estimate of drug-likeness (QED) is 0.527. The molecule has 2 aromatic rings. The van der Waals surface area contributed by atoms with Gasteiger partial charge in [0.25, 0.3) is 0 Å². The number of benzene rings is 1. The Hall–Kier alpha value is -1.75. The summed E-state index contributed by atoms with van der Waals surface area (Å²) in [5.41, 5.74) is 2.57. The molecule has 176 valence electrons. The second-order valence-corrected chi connectivity index (χ2v) is 7.80. The highest BCUT2D eigenvalue weighted by molar-refractivity contribution is 6.42. The molecule has 2 N–H and O–H groups in total. The first-order valence-corrected chi connectivity index (χ1v) is 9.68. The molecule has 1 saturated heterocycles. The highest BCUT2D eigenvalue weighted by Crippen LogP contribution is 2.40. The second kappa shape index (κ2) is 9.62. The number of nitrogens with zero attached hydrogens (tertiary/aromatic N) is 2. The third-order valence-electron chi connectivity index (χ3n) is 4.99. The van der Waals surface area contributed by atoms with Gasteiger partial charge in [-0.2, -0.15) is 26.3 Å². The molecule has 3 rings (SSSR count). The van der Waals surface area contributed by atoms with E-state index >= 15 is 0 Å². The van der Waals surface area contributed by atoms with E-state index in [9.17, 15) is 31.1 Å². The molecule has 1 fully saturated rings. The number of likely N-dealkylation sites (tertiary alicyclic amines) is 1. The predicted octanol–water partition coefficient (Wildman–Crippen LogP) is 5.69. The number of hydrogen-bond donors (Lipinski definition) is 1. The van der Waals surface area contributed by atoms with Crippen LogP contribution >= 0.6 is 35.6 Å². The number of rotatable bonds is 3. The van der Waals surface area contributed by atoms with E-state index in [1.54, 1.807) is 12.1 Å². The summed E-state index contributed by atoms with van der Waals surface area (Å²) < 4.78 is 78.6. The van der Waals surface area contributed by atoms with Crippen LogP contribution in [0.3, 0.4) is 0 Å². The topological polar surface area (TPSA) is 59.2 Å². The summed E-state index contributed by atoms with van der Waals surface area (Å²) in [6.45, 7) is 0.134. The fraction of sp³-hybridized carbons (Fsp3) is 0.368. The molecule has 1 aromatic carbocycles. The van der Waals surface area contributed by atoms with Gasteiger partial charge in [0.05, 0.1) is 39.3 Å². The van der Waals surface area contributed by atoms with Crippen LogP contribution in [-0.4, -0.2) is 28.4 Å². The molecule has 2 heterocycles. The van der Waals surface area contributed by atoms with Gasteiger partial charge >= 0.3 is 12.4 Å². The van der Waals surface area contributed by atoms with Crippen molar-refractivity contribution in [2.24, 2.45) is 5.73 Å². The third kappa shape index (κ3) is 5.41. The van der Waals surface area contributed by atoms with Crippen LogP contribution < -0.4 is 5.73 Å². The van der Waals surface area contributed by atoms with E-state index < -0.39 is 53.6 Å². The second-order valence-electron chi connectivity index (χ2n) is 7.02. The number of carbonyl (C=O) groups excluding carboxylic acids is 1. The smallest absolute Gasteiger partial charge is 0.334 e. The number of halogens is 9. The average molecular weight is 523 g/mol. The van der Waals surface area contributed by atoms with Gasteiger partial charge in [-0.3, -0.25) is 9.78 Å². The van der Waals surface area contributed by atoms with Crippen LogP contribution in [0.1, 0.15) is 34.8 Å². The summed E-state index contributed by atoms with van der Waals surface area (Å²) in [6.07, 6.45) is -10.4. The average Bonchev–Trinajstić information content (AvgIpc) is 3.04. The van der Waals surface area contributed by atoms with Crippen molar-refractivity contribution >= 4 is 41.5 Å². The van der Waals surface area contributed by atoms with Crippen molar-refractivity contribution in [3.05, 3.63) is 62.9 Å². The molecular formula is C19H16Cl3F6N3O. The summed E-state index contributed by atoms with van der Waals surface area (Å²) in [5.74, 6) is -0.772. The number of amides is 1. The van der Waals surface area contributed by atoms with Gasteiger partial charge in [-0.15, -0.1) is 12.4 Å². The maximum absolute atomic E-state index is 13.4. The number of alkyl halides is 6. The summed E-state index contributed by atoms with van der Waals surface area (Å²) in [7, 11) is 0. The molecule has 0 unspecified atom stereocenters. The van der Waals surface area contributed by atoms with E-state index in [0.29, 0.717) is 12.0 Å². The van der Waals surface area contributed by atoms with E-state index in [0.717, 1.165) is 0 Å². The van der Waals surface area contributed by atoms with Gasteiger partial charge in [0.2, 0.25) is 5.91 Å². The Bertz CT molecular complexity index is 999. The van der Waals surface area contributed by atoms with Crippen LogP contribution in [0.25, 0.3) is 0 Å². The first-order valence-electron chi connectivity index (χ1n) is 8.93. The molecule has 1 amide bonds. The fourth-order valence-corrected chi connectivity index (χ4v) is 3.94. The lowest BCUT2D eigenvalue weighted by molar-refractivity contribution is -0.144. The van der Waals surface area contributed by atoms with E-state index in [4.69, 9.17) is 28.9 Å². The lowest BCUT2D eigenvalue weighted by Gasteiger charge is -2.28. The summed E-state index contributed by atoms with van der Waals surface area (Å²) in [4.78, 5) is 17.4. The highest BCUT2D eigenvalue weighted by atomic mass is 35.5. The Kier molecular flexibility index (Phi) is 7.97. The first-order chi connectivity index (χ1) is 14.3. The number of aromatic nitrogens is 1. The molecule has 0 spiro atoms. The van der Waals surface area contributed by atoms with Gasteiger partial charge in [-0.05, 0) is 24.1 Å². The molecule has 0 bridgehead atoms. The Morgan fingerprint density at radius 3 is 2.41 bits per heavy atom. The zero-order valence-electron chi connectivity index (χ0n) is 16.0. The van der Waals surface area contributed by atoms with Crippen molar-refractivity contribution in [3.63, 3.8) is 0 Å². The standard InChI is InChI=1S/C19H15Cl2F6N3O.ClH/c20-12-3-1-2-10(16(12)21)17-13(28)4-5-30(17)15(31)7-14-11(19(25,26)27)6-9(8-29-14)18(22,23)24;/h1-3,6,8,13,17H,4-5,7,28H2;1H/t13-,17-;/m1./s1. The van der Waals surface area contributed by atoms with Crippen LogP contribution in [0.4, 0.5) is 26.3 Å². The van der Waals surface area contributed by atoms with Gasteiger partial charge in [0.15, 0.2) is 0 Å². The third-order valence-corrected chi connectivity index (χ3v) is 5.82. The van der Waals surface area contributed by atoms with Gasteiger partial charge in [0, 0.05) is 18.8 Å². The van der Waals surface area contributed by atoms with Gasteiger partial charge in [0.1, 0.15) is 0 Å². The SMILES string of the molecule is Cl.N[C@@H]1CCN(C(=O)Cc2ncc(C(F)(F)F)cc2C(F)(F)F)[C@@H]1c1cccc(Cl)c1Cl. The highest BCUT2D eigenvalue weighted by Gasteiger charge is 2.41. The minimum absolute atomic E-state index is 0. The first kappa shape index (κ1) is 26.5. The molecule has 32 heavy (non-hydrogen) atoms. The van der Waals surface area contributed by atoms with Crippen LogP contribution in [-0.2, 0) is 23.6 Å². The summed E-state index contributed by atoms with van der Waals surface area (Å²) in [5, 5.41) is 0.377. The summed E-state index contributed by atoms with van der Waals surface area (Å²) in [6, 6.07) is 3.38. The largest absolute Gasteiger partial charge is 0.418 e. The lowest BCUT2D eigenvalue weighted by Crippen LogP contribution is -2.37. The molecule has 0 aliphatic carbocycles. The van der Waals surface area contributed by atoms with Crippen LogP contribution in [0, 0.1) is 0 Å². The fourth-order valence-electron chi connectivity index (χ4n) is 3.52. The van der Waals surface area contributed by atoms with Gasteiger partial charge in [-0.25, -0.2) is 0 Å². The molecule has 4 nitrogen and oxygen atoms in total. The number of nitrogens with two attached hydrogens (primary N) is 1. The molecule has 2 atom stereocenters. The normalized spacial score (nSPS) is 19.1. The number of pyridine rings is 1. The van der Waals surface area contributed by atoms with Crippen molar-refractivity contribution in [2.75, 3.05) is 6.54 Å². The molecule has 0 radical (unpaired) electrons. The molecule has 1 aliphatic rings. The van der Waals surface area contributed by atoms with Crippen LogP contribution in [0.2, 0.25) is 10.0 Å². The molecule has 1 aromatic heterocycles. The van der Waals surface area contributed by atoms with Gasteiger partial charge in [-0.1, -0.05) is 35.3 Å². The van der Waals surface area contributed by atoms with E-state index in [1.165, 1.54) is 11.0 Å². The minimum atomic E-state index is -5.12. The van der Waals surface area contributed by atoms with Crippen molar-refractivity contribution in [1.82, 2.24) is 9.88 Å². The van der Waals surface area contributed by atoms with Crippen molar-refractivity contribution in [2.45, 2.75) is 37.3 Å². The van der Waals surface area contributed by atoms with Crippen LogP contribution in [0.5, 0.6) is 0 Å². The van der Waals surface area contributed by atoms with Crippen molar-refractivity contribution in [1.29, 1.82) is 0 Å². The number of carbonyl (C=O) groups is 1. The Labute approximate surface area is 195 Å². The Morgan fingerprint density at radius 1 is 1.16 bits per heavy atom. The zero-order chi connectivity index (χ0) is 23.1. The minimum Gasteiger partial charge on any atom is -0.334 e. The van der Waals surface area contributed by atoms with Crippen molar-refractivity contribution < 1.29 is 31.1 Å². The van der Waals surface area contributed by atoms with E-state index in [-0.39, 0.29) is 41.3 Å². The predicted molar refractivity (Wildman–Crippen MR) is 109 cm³/mol. The van der Waals surface area contributed by atoms with E-state index in [2.05, 4.69) is 4.98 Å². The Morgan fingerprint density at radius 2 is 1.81 bits per heavy atom.